The van der Waals surface area contributed by atoms with E-state index < -0.39 is 0 Å². The van der Waals surface area contributed by atoms with Crippen LogP contribution >= 0.6 is 0 Å². The van der Waals surface area contributed by atoms with Crippen LogP contribution in [-0.4, -0.2) is 39.9 Å². The van der Waals surface area contributed by atoms with E-state index in [9.17, 15) is 9.59 Å². The fourth-order valence-corrected chi connectivity index (χ4v) is 2.20. The van der Waals surface area contributed by atoms with Gasteiger partial charge in [0.15, 0.2) is 0 Å². The van der Waals surface area contributed by atoms with Gasteiger partial charge >= 0.3 is 0 Å². The molecule has 0 unspecified atom stereocenters. The lowest BCUT2D eigenvalue weighted by molar-refractivity contribution is -0.131. The summed E-state index contributed by atoms with van der Waals surface area (Å²) < 4.78 is 1.95. The topological polar surface area (TPSA) is 67.2 Å². The molecule has 0 radical (unpaired) electrons. The average Bonchev–Trinajstić information content (AvgIpc) is 2.79. The fourth-order valence-electron chi connectivity index (χ4n) is 2.20. The highest BCUT2D eigenvalue weighted by Crippen LogP contribution is 2.16. The van der Waals surface area contributed by atoms with Crippen molar-refractivity contribution in [2.75, 3.05) is 13.6 Å². The van der Waals surface area contributed by atoms with E-state index in [0.29, 0.717) is 6.54 Å². The molecule has 1 N–H and O–H groups in total. The third-order valence-corrected chi connectivity index (χ3v) is 3.50. The van der Waals surface area contributed by atoms with Crippen LogP contribution in [0, 0.1) is 6.92 Å². The second kappa shape index (κ2) is 6.43. The molecule has 2 amide bonds. The van der Waals surface area contributed by atoms with E-state index >= 15 is 0 Å². The maximum Gasteiger partial charge on any atom is 0.246 e. The van der Waals surface area contributed by atoms with Crippen molar-refractivity contribution < 1.29 is 9.59 Å². The zero-order chi connectivity index (χ0) is 16.3. The van der Waals surface area contributed by atoms with Crippen LogP contribution in [0.1, 0.15) is 11.4 Å². The van der Waals surface area contributed by atoms with Gasteiger partial charge in [-0.05, 0) is 30.7 Å². The molecule has 1 aromatic heterocycles. The summed E-state index contributed by atoms with van der Waals surface area (Å²) in [6.07, 6.45) is 1.18. The molecule has 0 saturated carbocycles. The lowest BCUT2D eigenvalue weighted by Gasteiger charge is -2.14. The van der Waals surface area contributed by atoms with Gasteiger partial charge in [-0.25, -0.2) is 4.98 Å². The van der Waals surface area contributed by atoms with Crippen molar-refractivity contribution in [2.24, 2.45) is 7.05 Å². The monoisotopic (exact) mass is 300 g/mol. The molecular formula is C16H20N4O2. The molecule has 1 aromatic carbocycles. The highest BCUT2D eigenvalue weighted by Gasteiger charge is 2.12. The first-order valence-electron chi connectivity index (χ1n) is 6.98. The number of rotatable bonds is 5. The number of hydrogen-bond acceptors (Lipinski definition) is 3. The van der Waals surface area contributed by atoms with E-state index in [1.165, 1.54) is 11.0 Å². The Bertz CT molecular complexity index is 733. The molecule has 6 heteroatoms. The number of carbonyl (C=O) groups excluding carboxylic acids is 2. The van der Waals surface area contributed by atoms with Gasteiger partial charge in [-0.1, -0.05) is 12.6 Å². The predicted octanol–water partition coefficient (Wildman–Crippen LogP) is 1.14. The number of carbonyl (C=O) groups is 2. The highest BCUT2D eigenvalue weighted by atomic mass is 16.2. The third kappa shape index (κ3) is 3.33. The molecule has 0 saturated heterocycles. The lowest BCUT2D eigenvalue weighted by Crippen LogP contribution is -2.37. The molecule has 0 aliphatic heterocycles. The van der Waals surface area contributed by atoms with Gasteiger partial charge < -0.3 is 14.8 Å². The summed E-state index contributed by atoms with van der Waals surface area (Å²) in [4.78, 5) is 29.0. The Morgan fingerprint density at radius 3 is 2.86 bits per heavy atom. The van der Waals surface area contributed by atoms with Gasteiger partial charge in [-0.15, -0.1) is 0 Å². The summed E-state index contributed by atoms with van der Waals surface area (Å²) in [6.45, 7) is 5.72. The largest absolute Gasteiger partial charge is 0.347 e. The Hall–Kier alpha value is -2.63. The first kappa shape index (κ1) is 15.8. The zero-order valence-corrected chi connectivity index (χ0v) is 13.1. The number of nitrogens with zero attached hydrogens (tertiary/aromatic N) is 3. The standard InChI is InChI=1S/C16H20N4O2/c1-5-16(22)19(3)10-15(21)17-9-14-18-12-8-11(2)6-7-13(12)20(14)4/h5-8H,1,9-10H2,2-4H3,(H,17,21). The van der Waals surface area contributed by atoms with E-state index in [0.717, 1.165) is 22.4 Å². The number of fused-ring (bicyclic) bond motifs is 1. The van der Waals surface area contributed by atoms with E-state index in [1.54, 1.807) is 7.05 Å². The summed E-state index contributed by atoms with van der Waals surface area (Å²) in [5, 5.41) is 2.77. The number of hydrogen-bond donors (Lipinski definition) is 1. The van der Waals surface area contributed by atoms with Crippen LogP contribution in [0.3, 0.4) is 0 Å². The first-order chi connectivity index (χ1) is 10.4. The molecular weight excluding hydrogens is 280 g/mol. The Balaban J connectivity index is 2.02. The minimum Gasteiger partial charge on any atom is -0.347 e. The van der Waals surface area contributed by atoms with Crippen LogP contribution < -0.4 is 5.32 Å². The summed E-state index contributed by atoms with van der Waals surface area (Å²) in [5.74, 6) is 0.251. The molecule has 0 fully saturated rings. The number of likely N-dealkylation sites (N-methyl/N-ethyl adjacent to an activating group) is 1. The van der Waals surface area contributed by atoms with E-state index in [-0.39, 0.29) is 18.4 Å². The number of imidazole rings is 1. The van der Waals surface area contributed by atoms with Crippen LogP contribution in [0.2, 0.25) is 0 Å². The van der Waals surface area contributed by atoms with E-state index in [1.807, 2.05) is 36.7 Å². The van der Waals surface area contributed by atoms with Gasteiger partial charge in [-0.3, -0.25) is 9.59 Å². The highest BCUT2D eigenvalue weighted by molar-refractivity contribution is 5.90. The summed E-state index contributed by atoms with van der Waals surface area (Å²) in [7, 11) is 3.47. The molecule has 1 heterocycles. The number of aryl methyl sites for hydroxylation is 2. The molecule has 22 heavy (non-hydrogen) atoms. The van der Waals surface area contributed by atoms with Crippen molar-refractivity contribution in [3.8, 4) is 0 Å². The van der Waals surface area contributed by atoms with Crippen molar-refractivity contribution in [1.29, 1.82) is 0 Å². The SMILES string of the molecule is C=CC(=O)N(C)CC(=O)NCc1nc2cc(C)ccc2n1C. The normalized spacial score (nSPS) is 10.5. The number of aromatic nitrogens is 2. The Morgan fingerprint density at radius 1 is 1.45 bits per heavy atom. The number of nitrogens with one attached hydrogen (secondary N) is 1. The van der Waals surface area contributed by atoms with Gasteiger partial charge in [0, 0.05) is 14.1 Å². The fraction of sp³-hybridized carbons (Fsp3) is 0.312. The molecule has 6 nitrogen and oxygen atoms in total. The predicted molar refractivity (Wildman–Crippen MR) is 85.1 cm³/mol. The average molecular weight is 300 g/mol. The van der Waals surface area contributed by atoms with Gasteiger partial charge in [0.2, 0.25) is 11.8 Å². The van der Waals surface area contributed by atoms with Gasteiger partial charge in [-0.2, -0.15) is 0 Å². The van der Waals surface area contributed by atoms with Gasteiger partial charge in [0.05, 0.1) is 24.1 Å². The van der Waals surface area contributed by atoms with Crippen LogP contribution in [0.25, 0.3) is 11.0 Å². The van der Waals surface area contributed by atoms with Crippen molar-refractivity contribution in [1.82, 2.24) is 19.8 Å². The Kier molecular flexibility index (Phi) is 4.60. The van der Waals surface area contributed by atoms with Crippen molar-refractivity contribution in [3.63, 3.8) is 0 Å². The zero-order valence-electron chi connectivity index (χ0n) is 13.1. The first-order valence-corrected chi connectivity index (χ1v) is 6.98. The Labute approximate surface area is 129 Å². The molecule has 116 valence electrons. The van der Waals surface area contributed by atoms with Crippen LogP contribution in [0.4, 0.5) is 0 Å². The maximum absolute atomic E-state index is 11.9. The second-order valence-electron chi connectivity index (χ2n) is 5.25. The maximum atomic E-state index is 11.9. The van der Waals surface area contributed by atoms with Crippen molar-refractivity contribution in [3.05, 3.63) is 42.2 Å². The third-order valence-electron chi connectivity index (χ3n) is 3.50. The minimum absolute atomic E-state index is 0.00605. The van der Waals surface area contributed by atoms with E-state index in [2.05, 4.69) is 16.9 Å². The second-order valence-corrected chi connectivity index (χ2v) is 5.25. The summed E-state index contributed by atoms with van der Waals surface area (Å²) in [6, 6.07) is 6.05. The minimum atomic E-state index is -0.284. The molecule has 0 spiro atoms. The summed E-state index contributed by atoms with van der Waals surface area (Å²) in [5.41, 5.74) is 3.07. The van der Waals surface area contributed by atoms with E-state index in [4.69, 9.17) is 0 Å². The quantitative estimate of drug-likeness (QED) is 0.842. The van der Waals surface area contributed by atoms with Crippen LogP contribution in [-0.2, 0) is 23.2 Å². The Morgan fingerprint density at radius 2 is 2.18 bits per heavy atom. The molecule has 0 atom stereocenters. The number of benzene rings is 1. The van der Waals surface area contributed by atoms with Crippen LogP contribution in [0.15, 0.2) is 30.9 Å². The van der Waals surface area contributed by atoms with Gasteiger partial charge in [0.1, 0.15) is 5.82 Å². The van der Waals surface area contributed by atoms with Crippen molar-refractivity contribution in [2.45, 2.75) is 13.5 Å². The molecule has 0 aliphatic carbocycles. The van der Waals surface area contributed by atoms with Crippen LogP contribution in [0.5, 0.6) is 0 Å². The molecule has 2 rings (SSSR count). The molecule has 2 aromatic rings. The van der Waals surface area contributed by atoms with Gasteiger partial charge in [0.25, 0.3) is 0 Å². The molecule has 0 bridgehead atoms. The number of amides is 2. The smallest absolute Gasteiger partial charge is 0.246 e. The lowest BCUT2D eigenvalue weighted by atomic mass is 10.2. The summed E-state index contributed by atoms with van der Waals surface area (Å²) >= 11 is 0. The van der Waals surface area contributed by atoms with Crippen molar-refractivity contribution >= 4 is 22.8 Å². The molecule has 0 aliphatic rings.